The Balaban J connectivity index is 2.40. The lowest BCUT2D eigenvalue weighted by atomic mass is 10.1. The summed E-state index contributed by atoms with van der Waals surface area (Å²) < 4.78 is 23.2. The molecule has 1 unspecified atom stereocenters. The predicted octanol–water partition coefficient (Wildman–Crippen LogP) is 1.15. The van der Waals surface area contributed by atoms with E-state index in [1.807, 2.05) is 0 Å². The summed E-state index contributed by atoms with van der Waals surface area (Å²) >= 11 is 0. The van der Waals surface area contributed by atoms with Gasteiger partial charge >= 0.3 is 0 Å². The van der Waals surface area contributed by atoms with Crippen LogP contribution in [0.2, 0.25) is 0 Å². The van der Waals surface area contributed by atoms with Crippen molar-refractivity contribution in [2.45, 2.75) is 24.7 Å². The lowest BCUT2D eigenvalue weighted by molar-refractivity contribution is 0.568. The molecule has 1 aliphatic rings. The normalized spacial score (nSPS) is 20.3. The second-order valence-electron chi connectivity index (χ2n) is 4.78. The molecule has 18 heavy (non-hydrogen) atoms. The number of primary sulfonamides is 1. The lowest BCUT2D eigenvalue weighted by Crippen LogP contribution is -2.24. The van der Waals surface area contributed by atoms with E-state index in [0.29, 0.717) is 17.3 Å². The number of hydrogen-bond acceptors (Lipinski definition) is 4. The van der Waals surface area contributed by atoms with Crippen molar-refractivity contribution >= 4 is 21.4 Å². The zero-order valence-corrected chi connectivity index (χ0v) is 11.3. The van der Waals surface area contributed by atoms with Gasteiger partial charge in [0.15, 0.2) is 0 Å². The molecule has 1 aromatic carbocycles. The molecule has 2 rings (SSSR count). The molecule has 0 radical (unpaired) electrons. The largest absolute Gasteiger partial charge is 0.399 e. The number of benzene rings is 1. The fourth-order valence-electron chi connectivity index (χ4n) is 2.40. The fourth-order valence-corrected chi connectivity index (χ4v) is 3.19. The van der Waals surface area contributed by atoms with Crippen LogP contribution in [-0.4, -0.2) is 21.5 Å². The van der Waals surface area contributed by atoms with E-state index in [1.54, 1.807) is 12.1 Å². The molecule has 0 aromatic heterocycles. The predicted molar refractivity (Wildman–Crippen MR) is 72.8 cm³/mol. The Bertz CT molecular complexity index is 542. The van der Waals surface area contributed by atoms with Crippen molar-refractivity contribution < 1.29 is 8.42 Å². The van der Waals surface area contributed by atoms with Gasteiger partial charge in [0.05, 0.1) is 5.69 Å². The first kappa shape index (κ1) is 13.2. The van der Waals surface area contributed by atoms with E-state index >= 15 is 0 Å². The summed E-state index contributed by atoms with van der Waals surface area (Å²) in [5.74, 6) is 0.621. The Morgan fingerprint density at radius 3 is 2.72 bits per heavy atom. The van der Waals surface area contributed by atoms with Gasteiger partial charge in [0.2, 0.25) is 10.0 Å². The van der Waals surface area contributed by atoms with Gasteiger partial charge in [0.1, 0.15) is 4.90 Å². The molecule has 0 spiro atoms. The minimum atomic E-state index is -3.74. The zero-order valence-electron chi connectivity index (χ0n) is 10.5. The van der Waals surface area contributed by atoms with E-state index in [-0.39, 0.29) is 4.90 Å². The van der Waals surface area contributed by atoms with Crippen molar-refractivity contribution in [3.05, 3.63) is 18.2 Å². The van der Waals surface area contributed by atoms with Crippen LogP contribution >= 0.6 is 0 Å². The maximum Gasteiger partial charge on any atom is 0.240 e. The minimum absolute atomic E-state index is 0.124. The number of sulfonamides is 1. The van der Waals surface area contributed by atoms with Crippen LogP contribution in [0.4, 0.5) is 11.4 Å². The van der Waals surface area contributed by atoms with Gasteiger partial charge in [-0.1, -0.05) is 13.3 Å². The van der Waals surface area contributed by atoms with Gasteiger partial charge in [0.25, 0.3) is 0 Å². The highest BCUT2D eigenvalue weighted by atomic mass is 32.2. The molecule has 1 aliphatic heterocycles. The van der Waals surface area contributed by atoms with E-state index in [1.165, 1.54) is 6.07 Å². The van der Waals surface area contributed by atoms with E-state index in [0.717, 1.165) is 25.9 Å². The second kappa shape index (κ2) is 4.78. The molecule has 1 heterocycles. The highest BCUT2D eigenvalue weighted by Gasteiger charge is 2.25. The Hall–Kier alpha value is -1.27. The summed E-state index contributed by atoms with van der Waals surface area (Å²) in [5, 5.41) is 5.25. The maximum absolute atomic E-state index is 11.6. The molecule has 1 saturated heterocycles. The van der Waals surface area contributed by atoms with Gasteiger partial charge in [-0.25, -0.2) is 13.6 Å². The number of nitrogens with zero attached hydrogens (tertiary/aromatic N) is 1. The van der Waals surface area contributed by atoms with Crippen molar-refractivity contribution in [1.82, 2.24) is 0 Å². The van der Waals surface area contributed by atoms with Gasteiger partial charge in [-0.15, -0.1) is 0 Å². The summed E-state index contributed by atoms with van der Waals surface area (Å²) in [5.41, 5.74) is 6.72. The number of nitrogens with two attached hydrogens (primary N) is 2. The SMILES string of the molecule is CCC1CCN(c2ccc(N)cc2S(N)(=O)=O)C1. The number of rotatable bonds is 3. The fraction of sp³-hybridized carbons (Fsp3) is 0.500. The van der Waals surface area contributed by atoms with Gasteiger partial charge in [0, 0.05) is 18.8 Å². The van der Waals surface area contributed by atoms with Crippen LogP contribution in [0.1, 0.15) is 19.8 Å². The van der Waals surface area contributed by atoms with Gasteiger partial charge in [-0.05, 0) is 30.5 Å². The molecule has 6 heteroatoms. The highest BCUT2D eigenvalue weighted by Crippen LogP contribution is 2.31. The van der Waals surface area contributed by atoms with Gasteiger partial charge < -0.3 is 10.6 Å². The molecule has 0 aliphatic carbocycles. The van der Waals surface area contributed by atoms with Crippen molar-refractivity contribution in [2.24, 2.45) is 11.1 Å². The molecule has 1 atom stereocenters. The summed E-state index contributed by atoms with van der Waals surface area (Å²) in [7, 11) is -3.74. The third-order valence-electron chi connectivity index (χ3n) is 3.49. The number of hydrogen-bond donors (Lipinski definition) is 2. The molecule has 5 nitrogen and oxygen atoms in total. The molecule has 100 valence electrons. The van der Waals surface area contributed by atoms with Gasteiger partial charge in [-0.3, -0.25) is 0 Å². The molecule has 1 fully saturated rings. The van der Waals surface area contributed by atoms with E-state index < -0.39 is 10.0 Å². The molecule has 4 N–H and O–H groups in total. The number of nitrogen functional groups attached to an aromatic ring is 1. The summed E-state index contributed by atoms with van der Waals surface area (Å²) in [6.45, 7) is 3.89. The smallest absolute Gasteiger partial charge is 0.240 e. The second-order valence-corrected chi connectivity index (χ2v) is 6.31. The molecule has 0 saturated carbocycles. The van der Waals surface area contributed by atoms with Gasteiger partial charge in [-0.2, -0.15) is 0 Å². The highest BCUT2D eigenvalue weighted by molar-refractivity contribution is 7.89. The standard InChI is InChI=1S/C12H19N3O2S/c1-2-9-5-6-15(8-9)11-4-3-10(13)7-12(11)18(14,16)17/h3-4,7,9H,2,5-6,8,13H2,1H3,(H2,14,16,17). The monoisotopic (exact) mass is 269 g/mol. The van der Waals surface area contributed by atoms with Crippen molar-refractivity contribution in [3.63, 3.8) is 0 Å². The molecular weight excluding hydrogens is 250 g/mol. The molecule has 0 amide bonds. The van der Waals surface area contributed by atoms with Crippen LogP contribution in [-0.2, 0) is 10.0 Å². The van der Waals surface area contributed by atoms with Crippen LogP contribution in [0.25, 0.3) is 0 Å². The van der Waals surface area contributed by atoms with Crippen molar-refractivity contribution in [1.29, 1.82) is 0 Å². The van der Waals surface area contributed by atoms with Crippen LogP contribution in [0, 0.1) is 5.92 Å². The van der Waals surface area contributed by atoms with Crippen molar-refractivity contribution in [2.75, 3.05) is 23.7 Å². The number of anilines is 2. The molecule has 1 aromatic rings. The summed E-state index contributed by atoms with van der Waals surface area (Å²) in [4.78, 5) is 2.20. The summed E-state index contributed by atoms with van der Waals surface area (Å²) in [6.07, 6.45) is 2.20. The van der Waals surface area contributed by atoms with Crippen LogP contribution in [0.15, 0.2) is 23.1 Å². The Labute approximate surface area is 108 Å². The quantitative estimate of drug-likeness (QED) is 0.806. The van der Waals surface area contributed by atoms with E-state index in [2.05, 4.69) is 11.8 Å². The Morgan fingerprint density at radius 1 is 1.44 bits per heavy atom. The maximum atomic E-state index is 11.6. The van der Waals surface area contributed by atoms with Crippen LogP contribution < -0.4 is 15.8 Å². The molecule has 0 bridgehead atoms. The third kappa shape index (κ3) is 2.59. The first-order valence-corrected chi connectivity index (χ1v) is 7.63. The van der Waals surface area contributed by atoms with Crippen LogP contribution in [0.3, 0.4) is 0 Å². The Morgan fingerprint density at radius 2 is 2.17 bits per heavy atom. The minimum Gasteiger partial charge on any atom is -0.399 e. The van der Waals surface area contributed by atoms with Crippen LogP contribution in [0.5, 0.6) is 0 Å². The Kier molecular flexibility index (Phi) is 3.49. The average Bonchev–Trinajstić information content (AvgIpc) is 2.76. The molecular formula is C12H19N3O2S. The summed E-state index contributed by atoms with van der Waals surface area (Å²) in [6, 6.07) is 4.89. The first-order valence-electron chi connectivity index (χ1n) is 6.09. The van der Waals surface area contributed by atoms with E-state index in [9.17, 15) is 8.42 Å². The average molecular weight is 269 g/mol. The topological polar surface area (TPSA) is 89.4 Å². The first-order chi connectivity index (χ1) is 8.41. The van der Waals surface area contributed by atoms with Crippen molar-refractivity contribution in [3.8, 4) is 0 Å². The van der Waals surface area contributed by atoms with E-state index in [4.69, 9.17) is 10.9 Å². The third-order valence-corrected chi connectivity index (χ3v) is 4.43. The zero-order chi connectivity index (χ0) is 13.3. The lowest BCUT2D eigenvalue weighted by Gasteiger charge is -2.21.